The van der Waals surface area contributed by atoms with Gasteiger partial charge in [0.2, 0.25) is 6.20 Å². The van der Waals surface area contributed by atoms with Gasteiger partial charge < -0.3 is 0 Å². The number of aryl methyl sites for hydroxylation is 1. The van der Waals surface area contributed by atoms with Crippen molar-refractivity contribution >= 4 is 22.5 Å². The molecule has 0 saturated heterocycles. The van der Waals surface area contributed by atoms with Crippen LogP contribution in [0.1, 0.15) is 0 Å². The third-order valence-corrected chi connectivity index (χ3v) is 4.00. The van der Waals surface area contributed by atoms with Gasteiger partial charge in [-0.3, -0.25) is 4.79 Å². The summed E-state index contributed by atoms with van der Waals surface area (Å²) in [6.07, 6.45) is 1.58. The zero-order valence-corrected chi connectivity index (χ0v) is 11.6. The van der Waals surface area contributed by atoms with Crippen LogP contribution in [0.25, 0.3) is 10.8 Å². The topological polar surface area (TPSA) is 36.7 Å². The van der Waals surface area contributed by atoms with Crippen molar-refractivity contribution in [2.75, 3.05) is 0 Å². The summed E-state index contributed by atoms with van der Waals surface area (Å²) in [6.45, 7) is 0. The van der Waals surface area contributed by atoms with Gasteiger partial charge in [-0.1, -0.05) is 30.0 Å². The first-order valence-corrected chi connectivity index (χ1v) is 6.91. The van der Waals surface area contributed by atoms with E-state index in [4.69, 9.17) is 0 Å². The van der Waals surface area contributed by atoms with Crippen LogP contribution in [-0.2, 0) is 7.05 Å². The fourth-order valence-electron chi connectivity index (χ4n) is 2.04. The van der Waals surface area contributed by atoms with Crippen molar-refractivity contribution in [1.82, 2.24) is 5.10 Å². The summed E-state index contributed by atoms with van der Waals surface area (Å²) in [4.78, 5) is 13.2. The van der Waals surface area contributed by atoms with Crippen LogP contribution in [0.4, 0.5) is 4.39 Å². The first kappa shape index (κ1) is 12.9. The van der Waals surface area contributed by atoms with E-state index in [1.165, 1.54) is 16.4 Å². The Hall–Kier alpha value is -2.14. The van der Waals surface area contributed by atoms with Crippen LogP contribution in [0, 0.1) is 5.82 Å². The minimum atomic E-state index is -0.363. The van der Waals surface area contributed by atoms with E-state index < -0.39 is 0 Å². The van der Waals surface area contributed by atoms with Gasteiger partial charge in [0.15, 0.2) is 12.9 Å². The molecule has 0 bridgehead atoms. The smallest absolute Gasteiger partial charge is 0.264 e. The van der Waals surface area contributed by atoms with Gasteiger partial charge in [0.1, 0.15) is 0 Å². The lowest BCUT2D eigenvalue weighted by Crippen LogP contribution is -2.38. The second-order valence-electron chi connectivity index (χ2n) is 4.43. The monoisotopic (exact) mass is 287 g/mol. The maximum atomic E-state index is 14.5. The van der Waals surface area contributed by atoms with Crippen molar-refractivity contribution in [3.05, 3.63) is 64.8 Å². The molecule has 0 amide bonds. The summed E-state index contributed by atoms with van der Waals surface area (Å²) >= 11 is 1.34. The number of aromatic nitrogens is 2. The van der Waals surface area contributed by atoms with Crippen LogP contribution < -0.4 is 10.2 Å². The van der Waals surface area contributed by atoms with Gasteiger partial charge in [-0.15, -0.1) is 9.78 Å². The molecule has 1 heterocycles. The Morgan fingerprint density at radius 1 is 1.10 bits per heavy atom. The second kappa shape index (κ2) is 5.09. The molecule has 0 atom stereocenters. The Bertz CT molecular complexity index is 830. The van der Waals surface area contributed by atoms with Gasteiger partial charge in [-0.25, -0.2) is 4.39 Å². The number of nitrogens with one attached hydrogen (secondary N) is 1. The number of rotatable bonds is 2. The first-order valence-electron chi connectivity index (χ1n) is 6.09. The highest BCUT2D eigenvalue weighted by molar-refractivity contribution is 7.99. The van der Waals surface area contributed by atoms with Gasteiger partial charge in [-0.2, -0.15) is 0 Å². The predicted octanol–water partition coefficient (Wildman–Crippen LogP) is 2.64. The minimum Gasteiger partial charge on any atom is -0.264 e. The van der Waals surface area contributed by atoms with Crippen LogP contribution in [0.3, 0.4) is 0 Å². The number of hydrogen-bond acceptors (Lipinski definition) is 2. The lowest BCUT2D eigenvalue weighted by Gasteiger charge is -2.05. The van der Waals surface area contributed by atoms with E-state index in [9.17, 15) is 9.18 Å². The van der Waals surface area contributed by atoms with Crippen molar-refractivity contribution < 1.29 is 9.07 Å². The molecule has 0 aliphatic rings. The number of benzene rings is 2. The van der Waals surface area contributed by atoms with Gasteiger partial charge in [0.05, 0.1) is 10.8 Å². The highest BCUT2D eigenvalue weighted by atomic mass is 32.2. The molecule has 100 valence electrons. The molecule has 1 aromatic heterocycles. The van der Waals surface area contributed by atoms with Gasteiger partial charge in [0.25, 0.3) is 0 Å². The Labute approximate surface area is 119 Å². The molecule has 3 nitrogen and oxygen atoms in total. The molecule has 3 rings (SSSR count). The maximum Gasteiger partial charge on any atom is 0.305 e. The Morgan fingerprint density at radius 3 is 2.60 bits per heavy atom. The molecule has 3 aromatic rings. The number of nitrogens with zero attached hydrogens (tertiary/aromatic N) is 1. The van der Waals surface area contributed by atoms with Gasteiger partial charge >= 0.3 is 5.56 Å². The summed E-state index contributed by atoms with van der Waals surface area (Å²) < 4.78 is 16.0. The number of aromatic amines is 1. The Balaban J connectivity index is 2.14. The fraction of sp³-hybridized carbons (Fsp3) is 0.0667. The molecule has 0 radical (unpaired) electrons. The first-order chi connectivity index (χ1) is 9.65. The number of halogens is 1. The number of fused-ring (bicyclic) bond motifs is 1. The summed E-state index contributed by atoms with van der Waals surface area (Å²) in [6, 6.07) is 12.9. The summed E-state index contributed by atoms with van der Waals surface area (Å²) in [5.74, 6) is -0.363. The summed E-state index contributed by atoms with van der Waals surface area (Å²) in [5, 5.41) is 3.29. The standard InChI is InChI=1S/C15H11FN2OS/c1-18-9-12-11(15(19)17-18)7-8-13(14(12)16)20-10-5-3-2-4-6-10/h2-9H,1H3/p+1. The third kappa shape index (κ3) is 2.32. The number of H-pyrrole nitrogens is 1. The van der Waals surface area contributed by atoms with Crippen LogP contribution in [0.15, 0.2) is 63.2 Å². The largest absolute Gasteiger partial charge is 0.305 e. The van der Waals surface area contributed by atoms with E-state index in [1.54, 1.807) is 25.4 Å². The van der Waals surface area contributed by atoms with Crippen LogP contribution >= 0.6 is 11.8 Å². The third-order valence-electron chi connectivity index (χ3n) is 2.96. The molecular weight excluding hydrogens is 275 g/mol. The molecule has 0 fully saturated rings. The summed E-state index contributed by atoms with van der Waals surface area (Å²) in [5.41, 5.74) is -0.292. The molecule has 0 saturated carbocycles. The highest BCUT2D eigenvalue weighted by Crippen LogP contribution is 2.31. The van der Waals surface area contributed by atoms with E-state index in [2.05, 4.69) is 5.10 Å². The Morgan fingerprint density at radius 2 is 1.85 bits per heavy atom. The SMILES string of the molecule is C[n+]1cc2c(F)c(Sc3ccccc3)ccc2c(=O)[nH]1. The van der Waals surface area contributed by atoms with Crippen LogP contribution in [0.5, 0.6) is 0 Å². The normalized spacial score (nSPS) is 10.9. The molecular formula is C15H12FN2OS+. The van der Waals surface area contributed by atoms with E-state index in [1.807, 2.05) is 30.3 Å². The molecule has 2 aromatic carbocycles. The highest BCUT2D eigenvalue weighted by Gasteiger charge is 2.14. The second-order valence-corrected chi connectivity index (χ2v) is 5.55. The fourth-order valence-corrected chi connectivity index (χ4v) is 2.92. The van der Waals surface area contributed by atoms with Crippen molar-refractivity contribution in [2.24, 2.45) is 7.05 Å². The summed E-state index contributed by atoms with van der Waals surface area (Å²) in [7, 11) is 1.66. The van der Waals surface area contributed by atoms with Crippen LogP contribution in [-0.4, -0.2) is 5.10 Å². The molecule has 0 aliphatic carbocycles. The van der Waals surface area contributed by atoms with Gasteiger partial charge in [-0.05, 0) is 24.3 Å². The van der Waals surface area contributed by atoms with Crippen molar-refractivity contribution in [1.29, 1.82) is 0 Å². The zero-order valence-electron chi connectivity index (χ0n) is 10.8. The van der Waals surface area contributed by atoms with E-state index in [-0.39, 0.29) is 11.4 Å². The van der Waals surface area contributed by atoms with E-state index >= 15 is 0 Å². The van der Waals surface area contributed by atoms with Crippen molar-refractivity contribution in [3.8, 4) is 0 Å². The average Bonchev–Trinajstić information content (AvgIpc) is 2.43. The Kier molecular flexibility index (Phi) is 3.28. The molecule has 0 spiro atoms. The lowest BCUT2D eigenvalue weighted by molar-refractivity contribution is -0.730. The molecule has 5 heteroatoms. The predicted molar refractivity (Wildman–Crippen MR) is 76.3 cm³/mol. The van der Waals surface area contributed by atoms with Crippen LogP contribution in [0.2, 0.25) is 0 Å². The molecule has 20 heavy (non-hydrogen) atoms. The zero-order chi connectivity index (χ0) is 14.1. The number of hydrogen-bond donors (Lipinski definition) is 1. The van der Waals surface area contributed by atoms with Gasteiger partial charge in [0, 0.05) is 9.79 Å². The quantitative estimate of drug-likeness (QED) is 0.736. The van der Waals surface area contributed by atoms with Crippen molar-refractivity contribution in [3.63, 3.8) is 0 Å². The molecule has 0 aliphatic heterocycles. The van der Waals surface area contributed by atoms with E-state index in [0.29, 0.717) is 15.7 Å². The lowest BCUT2D eigenvalue weighted by atomic mass is 10.2. The molecule has 0 unspecified atom stereocenters. The van der Waals surface area contributed by atoms with Crippen molar-refractivity contribution in [2.45, 2.75) is 9.79 Å². The van der Waals surface area contributed by atoms with E-state index in [0.717, 1.165) is 4.90 Å². The minimum absolute atomic E-state index is 0.292. The average molecular weight is 287 g/mol. The molecule has 1 N–H and O–H groups in total. The maximum absolute atomic E-state index is 14.5.